The second-order valence-electron chi connectivity index (χ2n) is 11.3. The van der Waals surface area contributed by atoms with Gasteiger partial charge in [-0.25, -0.2) is 0 Å². The standard InChI is InChI=1S/C43H28N2O/c44-29-30-13-23-36(24-14-30)45(37-25-19-34(20-26-37)33-17-15-32(16-18-33)31-7-2-1-3-8-31)38-27-21-35(22-28-38)39-10-6-11-41-40-9-4-5-12-42(40)46-43(39)41/h1-28H. The van der Waals surface area contributed by atoms with Crippen molar-refractivity contribution >= 4 is 39.0 Å². The van der Waals surface area contributed by atoms with Crippen molar-refractivity contribution in [2.75, 3.05) is 4.90 Å². The molecule has 0 aliphatic heterocycles. The molecule has 8 rings (SSSR count). The molecule has 7 aromatic carbocycles. The highest BCUT2D eigenvalue weighted by molar-refractivity contribution is 6.09. The quantitative estimate of drug-likeness (QED) is 0.194. The van der Waals surface area contributed by atoms with Gasteiger partial charge < -0.3 is 9.32 Å². The van der Waals surface area contributed by atoms with E-state index in [4.69, 9.17) is 4.42 Å². The molecule has 8 aromatic rings. The summed E-state index contributed by atoms with van der Waals surface area (Å²) in [4.78, 5) is 2.22. The number of hydrogen-bond acceptors (Lipinski definition) is 3. The molecule has 0 aliphatic rings. The Morgan fingerprint density at radius 1 is 0.413 bits per heavy atom. The summed E-state index contributed by atoms with van der Waals surface area (Å²) in [7, 11) is 0. The molecule has 1 aromatic heterocycles. The van der Waals surface area contributed by atoms with Crippen LogP contribution in [0.3, 0.4) is 0 Å². The molecule has 0 unspecified atom stereocenters. The van der Waals surface area contributed by atoms with Crippen LogP contribution in [0.4, 0.5) is 17.1 Å². The molecule has 3 heteroatoms. The highest BCUT2D eigenvalue weighted by Crippen LogP contribution is 2.39. The van der Waals surface area contributed by atoms with E-state index >= 15 is 0 Å². The van der Waals surface area contributed by atoms with E-state index in [0.717, 1.165) is 55.7 Å². The summed E-state index contributed by atoms with van der Waals surface area (Å²) in [6.07, 6.45) is 0. The first-order valence-corrected chi connectivity index (χ1v) is 15.3. The van der Waals surface area contributed by atoms with E-state index in [1.54, 1.807) is 0 Å². The Hall–Kier alpha value is -6.37. The van der Waals surface area contributed by atoms with Gasteiger partial charge in [0.25, 0.3) is 0 Å². The summed E-state index contributed by atoms with van der Waals surface area (Å²) in [5.74, 6) is 0. The first-order valence-electron chi connectivity index (χ1n) is 15.3. The van der Waals surface area contributed by atoms with Gasteiger partial charge in [-0.05, 0) is 82.4 Å². The number of furan rings is 1. The molecule has 0 atom stereocenters. The summed E-state index contributed by atoms with van der Waals surface area (Å²) in [5.41, 5.74) is 12.3. The number of fused-ring (bicyclic) bond motifs is 3. The Morgan fingerprint density at radius 3 is 1.50 bits per heavy atom. The lowest BCUT2D eigenvalue weighted by Crippen LogP contribution is -2.09. The molecule has 3 nitrogen and oxygen atoms in total. The zero-order valence-electron chi connectivity index (χ0n) is 25.0. The molecule has 0 aliphatic carbocycles. The van der Waals surface area contributed by atoms with Crippen molar-refractivity contribution in [2.24, 2.45) is 0 Å². The minimum absolute atomic E-state index is 0.632. The first kappa shape index (κ1) is 27.2. The third-order valence-electron chi connectivity index (χ3n) is 8.55. The maximum absolute atomic E-state index is 9.41. The van der Waals surface area contributed by atoms with Gasteiger partial charge in [0, 0.05) is 33.4 Å². The third-order valence-corrected chi connectivity index (χ3v) is 8.55. The molecule has 1 heterocycles. The predicted molar refractivity (Wildman–Crippen MR) is 189 cm³/mol. The highest BCUT2D eigenvalue weighted by Gasteiger charge is 2.15. The summed E-state index contributed by atoms with van der Waals surface area (Å²) >= 11 is 0. The Bertz CT molecular complexity index is 2330. The Kier molecular flexibility index (Phi) is 6.87. The van der Waals surface area contributed by atoms with E-state index in [2.05, 4.69) is 132 Å². The molecular weight excluding hydrogens is 560 g/mol. The van der Waals surface area contributed by atoms with Gasteiger partial charge in [0.2, 0.25) is 0 Å². The molecule has 0 fully saturated rings. The van der Waals surface area contributed by atoms with E-state index in [1.807, 2.05) is 48.5 Å². The van der Waals surface area contributed by atoms with Crippen LogP contribution in [0.5, 0.6) is 0 Å². The van der Waals surface area contributed by atoms with Crippen LogP contribution in [0.15, 0.2) is 174 Å². The summed E-state index contributed by atoms with van der Waals surface area (Å²) < 4.78 is 6.32. The molecule has 0 saturated heterocycles. The van der Waals surface area contributed by atoms with Gasteiger partial charge in [-0.3, -0.25) is 0 Å². The normalized spacial score (nSPS) is 11.0. The van der Waals surface area contributed by atoms with Crippen LogP contribution < -0.4 is 4.90 Å². The lowest BCUT2D eigenvalue weighted by molar-refractivity contribution is 0.670. The maximum Gasteiger partial charge on any atom is 0.143 e. The molecule has 0 radical (unpaired) electrons. The highest BCUT2D eigenvalue weighted by atomic mass is 16.3. The molecule has 0 amide bonds. The van der Waals surface area contributed by atoms with Gasteiger partial charge >= 0.3 is 0 Å². The van der Waals surface area contributed by atoms with Gasteiger partial charge in [-0.15, -0.1) is 0 Å². The molecular formula is C43H28N2O. The van der Waals surface area contributed by atoms with E-state index in [1.165, 1.54) is 16.7 Å². The zero-order valence-corrected chi connectivity index (χ0v) is 25.0. The monoisotopic (exact) mass is 588 g/mol. The van der Waals surface area contributed by atoms with Crippen molar-refractivity contribution in [2.45, 2.75) is 0 Å². The van der Waals surface area contributed by atoms with Gasteiger partial charge in [0.15, 0.2) is 0 Å². The topological polar surface area (TPSA) is 40.2 Å². The van der Waals surface area contributed by atoms with Gasteiger partial charge in [-0.2, -0.15) is 5.26 Å². The van der Waals surface area contributed by atoms with Crippen molar-refractivity contribution in [3.8, 4) is 39.4 Å². The van der Waals surface area contributed by atoms with Crippen LogP contribution >= 0.6 is 0 Å². The van der Waals surface area contributed by atoms with E-state index in [9.17, 15) is 5.26 Å². The van der Waals surface area contributed by atoms with Crippen molar-refractivity contribution in [3.05, 3.63) is 175 Å². The zero-order chi connectivity index (χ0) is 30.9. The van der Waals surface area contributed by atoms with Crippen molar-refractivity contribution in [3.63, 3.8) is 0 Å². The third kappa shape index (κ3) is 4.99. The van der Waals surface area contributed by atoms with Crippen LogP contribution in [0.25, 0.3) is 55.3 Å². The fourth-order valence-corrected chi connectivity index (χ4v) is 6.19. The van der Waals surface area contributed by atoms with Crippen LogP contribution in [-0.4, -0.2) is 0 Å². The Morgan fingerprint density at radius 2 is 0.891 bits per heavy atom. The summed E-state index contributed by atoms with van der Waals surface area (Å²) in [6.45, 7) is 0. The second-order valence-corrected chi connectivity index (χ2v) is 11.3. The largest absolute Gasteiger partial charge is 0.455 e. The van der Waals surface area contributed by atoms with E-state index < -0.39 is 0 Å². The molecule has 46 heavy (non-hydrogen) atoms. The number of nitriles is 1. The SMILES string of the molecule is N#Cc1ccc(N(c2ccc(-c3ccc(-c4ccccc4)cc3)cc2)c2ccc(-c3cccc4c3oc3ccccc34)cc2)cc1. The minimum atomic E-state index is 0.632. The second kappa shape index (κ2) is 11.6. The first-order chi connectivity index (χ1) is 22.7. The lowest BCUT2D eigenvalue weighted by Gasteiger charge is -2.26. The smallest absolute Gasteiger partial charge is 0.143 e. The number of rotatable bonds is 6. The Labute approximate surface area is 267 Å². The predicted octanol–water partition coefficient (Wildman–Crippen LogP) is 11.9. The van der Waals surface area contributed by atoms with Crippen LogP contribution in [0.1, 0.15) is 5.56 Å². The number of hydrogen-bond donors (Lipinski definition) is 0. The van der Waals surface area contributed by atoms with E-state index in [-0.39, 0.29) is 0 Å². The van der Waals surface area contributed by atoms with E-state index in [0.29, 0.717) is 5.56 Å². The minimum Gasteiger partial charge on any atom is -0.455 e. The number of benzene rings is 7. The van der Waals surface area contributed by atoms with Crippen LogP contribution in [0, 0.1) is 11.3 Å². The number of nitrogens with zero attached hydrogens (tertiary/aromatic N) is 2. The van der Waals surface area contributed by atoms with Gasteiger partial charge in [0.1, 0.15) is 11.2 Å². The lowest BCUT2D eigenvalue weighted by atomic mass is 10.00. The van der Waals surface area contributed by atoms with Crippen LogP contribution in [-0.2, 0) is 0 Å². The maximum atomic E-state index is 9.41. The fourth-order valence-electron chi connectivity index (χ4n) is 6.19. The molecule has 216 valence electrons. The van der Waals surface area contributed by atoms with Crippen molar-refractivity contribution in [1.82, 2.24) is 0 Å². The van der Waals surface area contributed by atoms with Gasteiger partial charge in [-0.1, -0.05) is 115 Å². The van der Waals surface area contributed by atoms with Gasteiger partial charge in [0.05, 0.1) is 11.6 Å². The summed E-state index contributed by atoms with van der Waals surface area (Å²) in [6, 6.07) is 60.8. The van der Waals surface area contributed by atoms with Crippen molar-refractivity contribution < 1.29 is 4.42 Å². The Balaban J connectivity index is 1.14. The summed E-state index contributed by atoms with van der Waals surface area (Å²) in [5, 5.41) is 11.7. The molecule has 0 spiro atoms. The number of para-hydroxylation sites is 2. The molecule has 0 bridgehead atoms. The number of anilines is 3. The van der Waals surface area contributed by atoms with Crippen LogP contribution in [0.2, 0.25) is 0 Å². The average Bonchev–Trinajstić information content (AvgIpc) is 3.52. The fraction of sp³-hybridized carbons (Fsp3) is 0. The van der Waals surface area contributed by atoms with Crippen molar-refractivity contribution in [1.29, 1.82) is 5.26 Å². The average molecular weight is 589 g/mol. The molecule has 0 saturated carbocycles. The molecule has 0 N–H and O–H groups in total.